The minimum Gasteiger partial charge on any atom is -0.448 e. The number of halogens is 2. The first kappa shape index (κ1) is 13.0. The number of rotatable bonds is 3. The van der Waals surface area contributed by atoms with Crippen molar-refractivity contribution >= 4 is 0 Å². The Morgan fingerprint density at radius 1 is 1.32 bits per heavy atom. The van der Waals surface area contributed by atoms with E-state index in [9.17, 15) is 8.78 Å². The van der Waals surface area contributed by atoms with Gasteiger partial charge in [-0.3, -0.25) is 4.68 Å². The second-order valence-electron chi connectivity index (χ2n) is 4.23. The molecule has 0 unspecified atom stereocenters. The molecule has 0 fully saturated rings. The molecule has 1 heterocycles. The second kappa shape index (κ2) is 5.06. The lowest BCUT2D eigenvalue weighted by molar-refractivity contribution is 0.406. The van der Waals surface area contributed by atoms with E-state index in [1.54, 1.807) is 16.9 Å². The molecule has 2 rings (SSSR count). The highest BCUT2D eigenvalue weighted by atomic mass is 19.1. The highest BCUT2D eigenvalue weighted by molar-refractivity contribution is 5.39. The molecule has 0 atom stereocenters. The molecule has 0 radical (unpaired) electrons. The van der Waals surface area contributed by atoms with Gasteiger partial charge >= 0.3 is 0 Å². The summed E-state index contributed by atoms with van der Waals surface area (Å²) in [4.78, 5) is 0. The van der Waals surface area contributed by atoms with E-state index in [0.29, 0.717) is 0 Å². The maximum atomic E-state index is 13.6. The van der Waals surface area contributed by atoms with E-state index in [-0.39, 0.29) is 17.4 Å². The predicted molar refractivity (Wildman–Crippen MR) is 63.8 cm³/mol. The quantitative estimate of drug-likeness (QED) is 0.852. The van der Waals surface area contributed by atoms with E-state index in [0.717, 1.165) is 12.1 Å². The fourth-order valence-electron chi connectivity index (χ4n) is 1.50. The molecule has 0 spiro atoms. The number of ether oxygens (including phenoxy) is 1. The van der Waals surface area contributed by atoms with E-state index in [4.69, 9.17) is 10.00 Å². The van der Waals surface area contributed by atoms with Crippen molar-refractivity contribution in [2.45, 2.75) is 19.9 Å². The van der Waals surface area contributed by atoms with Gasteiger partial charge in [0.2, 0.25) is 0 Å². The summed E-state index contributed by atoms with van der Waals surface area (Å²) in [6.07, 6.45) is 2.92. The van der Waals surface area contributed by atoms with Gasteiger partial charge in [0.15, 0.2) is 23.1 Å². The molecule has 0 N–H and O–H groups in total. The van der Waals surface area contributed by atoms with Gasteiger partial charge in [0, 0.05) is 6.04 Å². The third-order valence-corrected chi connectivity index (χ3v) is 2.45. The smallest absolute Gasteiger partial charge is 0.198 e. The second-order valence-corrected chi connectivity index (χ2v) is 4.23. The van der Waals surface area contributed by atoms with Gasteiger partial charge in [-0.15, -0.1) is 0 Å². The summed E-state index contributed by atoms with van der Waals surface area (Å²) in [6.45, 7) is 3.83. The van der Waals surface area contributed by atoms with Gasteiger partial charge in [0.05, 0.1) is 24.0 Å². The first-order chi connectivity index (χ1) is 9.01. The number of aromatic nitrogens is 2. The van der Waals surface area contributed by atoms with Crippen molar-refractivity contribution in [1.82, 2.24) is 9.78 Å². The molecule has 1 aromatic carbocycles. The molecule has 2 aromatic rings. The van der Waals surface area contributed by atoms with Gasteiger partial charge in [-0.2, -0.15) is 10.4 Å². The van der Waals surface area contributed by atoms with Crippen LogP contribution in [0, 0.1) is 23.0 Å². The Labute approximate surface area is 108 Å². The van der Waals surface area contributed by atoms with Crippen molar-refractivity contribution in [1.29, 1.82) is 5.26 Å². The molecule has 6 heteroatoms. The standard InChI is InChI=1S/C13H11F2N3O/c1-8(2)18-7-10(6-17-18)19-13-11(14)3-9(5-16)4-12(13)15/h3-4,6-8H,1-2H3. The molecule has 0 bridgehead atoms. The molecule has 0 aliphatic rings. The average Bonchev–Trinajstić information content (AvgIpc) is 2.82. The molecular weight excluding hydrogens is 252 g/mol. The summed E-state index contributed by atoms with van der Waals surface area (Å²) in [5.74, 6) is -2.15. The third-order valence-electron chi connectivity index (χ3n) is 2.45. The van der Waals surface area contributed by atoms with E-state index in [1.807, 2.05) is 13.8 Å². The fraction of sp³-hybridized carbons (Fsp3) is 0.231. The van der Waals surface area contributed by atoms with Crippen LogP contribution in [0.5, 0.6) is 11.5 Å². The first-order valence-electron chi connectivity index (χ1n) is 5.62. The molecule has 0 saturated carbocycles. The summed E-state index contributed by atoms with van der Waals surface area (Å²) < 4.78 is 33.9. The topological polar surface area (TPSA) is 50.8 Å². The normalized spacial score (nSPS) is 10.5. The summed E-state index contributed by atoms with van der Waals surface area (Å²) in [5, 5.41) is 12.6. The van der Waals surface area contributed by atoms with Crippen LogP contribution in [0.1, 0.15) is 25.5 Å². The van der Waals surface area contributed by atoms with Crippen LogP contribution in [0.4, 0.5) is 8.78 Å². The van der Waals surface area contributed by atoms with E-state index >= 15 is 0 Å². The highest BCUT2D eigenvalue weighted by Crippen LogP contribution is 2.28. The predicted octanol–water partition coefficient (Wildman–Crippen LogP) is 3.41. The van der Waals surface area contributed by atoms with Gasteiger partial charge in [-0.05, 0) is 26.0 Å². The Hall–Kier alpha value is -2.42. The molecule has 0 aliphatic carbocycles. The molecule has 1 aromatic heterocycles. The Morgan fingerprint density at radius 2 is 1.95 bits per heavy atom. The molecule has 0 saturated heterocycles. The van der Waals surface area contributed by atoms with E-state index in [2.05, 4.69) is 5.10 Å². The number of nitrogens with zero attached hydrogens (tertiary/aromatic N) is 3. The molecule has 4 nitrogen and oxygen atoms in total. The van der Waals surface area contributed by atoms with Crippen molar-refractivity contribution in [2.24, 2.45) is 0 Å². The first-order valence-corrected chi connectivity index (χ1v) is 5.62. The van der Waals surface area contributed by atoms with E-state index < -0.39 is 17.4 Å². The third kappa shape index (κ3) is 2.71. The van der Waals surface area contributed by atoms with Crippen molar-refractivity contribution in [3.05, 3.63) is 41.7 Å². The van der Waals surface area contributed by atoms with Crippen LogP contribution in [0.25, 0.3) is 0 Å². The zero-order valence-corrected chi connectivity index (χ0v) is 10.4. The molecule has 0 aliphatic heterocycles. The Balaban J connectivity index is 2.30. The monoisotopic (exact) mass is 263 g/mol. The van der Waals surface area contributed by atoms with Crippen LogP contribution in [0.2, 0.25) is 0 Å². The van der Waals surface area contributed by atoms with Gasteiger partial charge in [-0.25, -0.2) is 8.78 Å². The highest BCUT2D eigenvalue weighted by Gasteiger charge is 2.15. The SMILES string of the molecule is CC(C)n1cc(Oc2c(F)cc(C#N)cc2F)cn1. The Kier molecular flexibility index (Phi) is 3.47. The lowest BCUT2D eigenvalue weighted by Crippen LogP contribution is -1.99. The zero-order valence-electron chi connectivity index (χ0n) is 10.4. The van der Waals surface area contributed by atoms with Crippen molar-refractivity contribution in [2.75, 3.05) is 0 Å². The van der Waals surface area contributed by atoms with Gasteiger partial charge < -0.3 is 4.74 Å². The number of hydrogen-bond donors (Lipinski definition) is 0. The minimum absolute atomic E-state index is 0.0970. The fourth-order valence-corrected chi connectivity index (χ4v) is 1.50. The summed E-state index contributed by atoms with van der Waals surface area (Å²) >= 11 is 0. The number of benzene rings is 1. The number of hydrogen-bond acceptors (Lipinski definition) is 3. The molecule has 19 heavy (non-hydrogen) atoms. The van der Waals surface area contributed by atoms with Crippen molar-refractivity contribution < 1.29 is 13.5 Å². The Bertz CT molecular complexity index is 621. The van der Waals surface area contributed by atoms with Crippen LogP contribution in [0.15, 0.2) is 24.5 Å². The van der Waals surface area contributed by atoms with Crippen LogP contribution in [-0.4, -0.2) is 9.78 Å². The minimum atomic E-state index is -0.922. The Morgan fingerprint density at radius 3 is 2.42 bits per heavy atom. The average molecular weight is 263 g/mol. The van der Waals surface area contributed by atoms with Crippen LogP contribution < -0.4 is 4.74 Å². The van der Waals surface area contributed by atoms with Gasteiger partial charge in [0.1, 0.15) is 0 Å². The van der Waals surface area contributed by atoms with Crippen LogP contribution >= 0.6 is 0 Å². The lowest BCUT2D eigenvalue weighted by Gasteiger charge is -2.06. The molecule has 0 amide bonds. The zero-order chi connectivity index (χ0) is 14.0. The van der Waals surface area contributed by atoms with E-state index in [1.165, 1.54) is 6.20 Å². The van der Waals surface area contributed by atoms with Crippen LogP contribution in [-0.2, 0) is 0 Å². The number of nitriles is 1. The maximum Gasteiger partial charge on any atom is 0.198 e. The molecular formula is C13H11F2N3O. The van der Waals surface area contributed by atoms with Crippen molar-refractivity contribution in [3.8, 4) is 17.6 Å². The summed E-state index contributed by atoms with van der Waals surface area (Å²) in [6, 6.07) is 3.63. The van der Waals surface area contributed by atoms with Crippen molar-refractivity contribution in [3.63, 3.8) is 0 Å². The molecule has 98 valence electrons. The summed E-state index contributed by atoms with van der Waals surface area (Å²) in [7, 11) is 0. The largest absolute Gasteiger partial charge is 0.448 e. The summed E-state index contributed by atoms with van der Waals surface area (Å²) in [5.41, 5.74) is -0.0970. The van der Waals surface area contributed by atoms with Gasteiger partial charge in [-0.1, -0.05) is 0 Å². The lowest BCUT2D eigenvalue weighted by atomic mass is 10.2. The van der Waals surface area contributed by atoms with Gasteiger partial charge in [0.25, 0.3) is 0 Å². The maximum absolute atomic E-state index is 13.6. The van der Waals surface area contributed by atoms with Crippen LogP contribution in [0.3, 0.4) is 0 Å².